The normalized spacial score (nSPS) is 11.9. The monoisotopic (exact) mass is 499 g/mol. The highest BCUT2D eigenvalue weighted by molar-refractivity contribution is 7.99. The maximum absolute atomic E-state index is 12.9. The lowest BCUT2D eigenvalue weighted by Crippen LogP contribution is -2.34. The van der Waals surface area contributed by atoms with Gasteiger partial charge in [-0.15, -0.1) is 10.2 Å². The minimum absolute atomic E-state index is 0.0626. The second kappa shape index (κ2) is 12.0. The summed E-state index contributed by atoms with van der Waals surface area (Å²) in [5.74, 6) is 0.544. The highest BCUT2D eigenvalue weighted by Gasteiger charge is 2.26. The Kier molecular flexibility index (Phi) is 9.12. The molecule has 2 aromatic carbocycles. The standard InChI is InChI=1S/C25H30ClN5O2S/c1-5-17-11-7-10-14-20(17)27-21(32)15-34-25-30-29-23(31(25)6-2)22(16(3)4)28-24(33)18-12-8-9-13-19(18)26/h7-14,16,22H,5-6,15H2,1-4H3,(H,27,32)(H,28,33)/t22-/m0/s1. The number of rotatable bonds is 10. The number of halogens is 1. The van der Waals surface area contributed by atoms with Crippen LogP contribution in [0, 0.1) is 5.92 Å². The molecular formula is C25H30ClN5O2S. The van der Waals surface area contributed by atoms with Crippen molar-refractivity contribution in [3.8, 4) is 0 Å². The van der Waals surface area contributed by atoms with E-state index in [2.05, 4.69) is 27.8 Å². The SMILES string of the molecule is CCc1ccccc1NC(=O)CSc1nnc([C@@H](NC(=O)c2ccccc2Cl)C(C)C)n1CC. The largest absolute Gasteiger partial charge is 0.342 e. The first-order valence-electron chi connectivity index (χ1n) is 11.3. The summed E-state index contributed by atoms with van der Waals surface area (Å²) in [6, 6.07) is 14.4. The van der Waals surface area contributed by atoms with Gasteiger partial charge in [0.05, 0.1) is 22.4 Å². The van der Waals surface area contributed by atoms with Crippen LogP contribution >= 0.6 is 23.4 Å². The first-order valence-corrected chi connectivity index (χ1v) is 12.7. The average Bonchev–Trinajstić information content (AvgIpc) is 3.24. The van der Waals surface area contributed by atoms with Crippen LogP contribution in [0.15, 0.2) is 53.7 Å². The van der Waals surface area contributed by atoms with Gasteiger partial charge < -0.3 is 15.2 Å². The molecule has 0 unspecified atom stereocenters. The summed E-state index contributed by atoms with van der Waals surface area (Å²) in [6.45, 7) is 8.67. The van der Waals surface area contributed by atoms with Gasteiger partial charge in [0.1, 0.15) is 0 Å². The lowest BCUT2D eigenvalue weighted by atomic mass is 10.0. The maximum Gasteiger partial charge on any atom is 0.253 e. The molecule has 0 saturated carbocycles. The van der Waals surface area contributed by atoms with E-state index in [0.717, 1.165) is 17.7 Å². The number of hydrogen-bond donors (Lipinski definition) is 2. The Labute approximate surface area is 209 Å². The van der Waals surface area contributed by atoms with E-state index < -0.39 is 0 Å². The molecule has 1 atom stereocenters. The number of nitrogens with zero attached hydrogens (tertiary/aromatic N) is 3. The van der Waals surface area contributed by atoms with E-state index in [1.165, 1.54) is 11.8 Å². The van der Waals surface area contributed by atoms with Crippen LogP contribution in [0.25, 0.3) is 0 Å². The number of nitrogens with one attached hydrogen (secondary N) is 2. The molecule has 0 saturated heterocycles. The van der Waals surface area contributed by atoms with Crippen molar-refractivity contribution < 1.29 is 9.59 Å². The summed E-state index contributed by atoms with van der Waals surface area (Å²) in [5, 5.41) is 15.8. The van der Waals surface area contributed by atoms with E-state index in [1.54, 1.807) is 24.3 Å². The van der Waals surface area contributed by atoms with E-state index in [-0.39, 0.29) is 29.5 Å². The van der Waals surface area contributed by atoms with Gasteiger partial charge in [0.15, 0.2) is 11.0 Å². The summed E-state index contributed by atoms with van der Waals surface area (Å²) in [4.78, 5) is 25.5. The van der Waals surface area contributed by atoms with Crippen molar-refractivity contribution in [1.82, 2.24) is 20.1 Å². The number of anilines is 1. The van der Waals surface area contributed by atoms with Gasteiger partial charge in [-0.05, 0) is 43.0 Å². The molecule has 0 radical (unpaired) electrons. The first-order chi connectivity index (χ1) is 16.3. The van der Waals surface area contributed by atoms with Crippen molar-refractivity contribution in [3.63, 3.8) is 0 Å². The molecule has 0 bridgehead atoms. The fraction of sp³-hybridized carbons (Fsp3) is 0.360. The van der Waals surface area contributed by atoms with E-state index in [9.17, 15) is 9.59 Å². The third kappa shape index (κ3) is 6.18. The van der Waals surface area contributed by atoms with Crippen LogP contribution in [-0.2, 0) is 17.8 Å². The molecule has 1 heterocycles. The zero-order valence-corrected chi connectivity index (χ0v) is 21.4. The van der Waals surface area contributed by atoms with Crippen LogP contribution in [0.2, 0.25) is 5.02 Å². The molecule has 2 N–H and O–H groups in total. The predicted molar refractivity (Wildman–Crippen MR) is 137 cm³/mol. The smallest absolute Gasteiger partial charge is 0.253 e. The molecule has 0 aliphatic rings. The Balaban J connectivity index is 1.73. The second-order valence-corrected chi connectivity index (χ2v) is 9.46. The molecule has 3 rings (SSSR count). The fourth-order valence-corrected chi connectivity index (χ4v) is 4.63. The van der Waals surface area contributed by atoms with Gasteiger partial charge in [-0.3, -0.25) is 9.59 Å². The Morgan fingerprint density at radius 3 is 2.44 bits per heavy atom. The van der Waals surface area contributed by atoms with Crippen molar-refractivity contribution in [1.29, 1.82) is 0 Å². The molecule has 0 aliphatic heterocycles. The first kappa shape index (κ1) is 25.8. The zero-order valence-electron chi connectivity index (χ0n) is 19.8. The molecule has 34 heavy (non-hydrogen) atoms. The second-order valence-electron chi connectivity index (χ2n) is 8.11. The van der Waals surface area contributed by atoms with Crippen molar-refractivity contribution >= 4 is 40.9 Å². The number of amides is 2. The Morgan fingerprint density at radius 1 is 1.06 bits per heavy atom. The third-order valence-corrected chi connectivity index (χ3v) is 6.71. The fourth-order valence-electron chi connectivity index (χ4n) is 3.59. The molecule has 7 nitrogen and oxygen atoms in total. The number of aromatic nitrogens is 3. The summed E-state index contributed by atoms with van der Waals surface area (Å²) in [5.41, 5.74) is 2.33. The lowest BCUT2D eigenvalue weighted by Gasteiger charge is -2.22. The van der Waals surface area contributed by atoms with Gasteiger partial charge >= 0.3 is 0 Å². The zero-order chi connectivity index (χ0) is 24.7. The lowest BCUT2D eigenvalue weighted by molar-refractivity contribution is -0.113. The predicted octanol–water partition coefficient (Wildman–Crippen LogP) is 5.37. The molecule has 2 amide bonds. The quantitative estimate of drug-likeness (QED) is 0.366. The highest BCUT2D eigenvalue weighted by Crippen LogP contribution is 2.26. The van der Waals surface area contributed by atoms with E-state index >= 15 is 0 Å². The third-order valence-electron chi connectivity index (χ3n) is 5.42. The van der Waals surface area contributed by atoms with Crippen molar-refractivity contribution in [2.45, 2.75) is 51.9 Å². The minimum atomic E-state index is -0.365. The van der Waals surface area contributed by atoms with Gasteiger partial charge in [-0.25, -0.2) is 0 Å². The van der Waals surface area contributed by atoms with E-state index in [4.69, 9.17) is 11.6 Å². The number of hydrogen-bond acceptors (Lipinski definition) is 5. The van der Waals surface area contributed by atoms with Crippen LogP contribution in [-0.4, -0.2) is 32.3 Å². The molecule has 180 valence electrons. The number of thioether (sulfide) groups is 1. The van der Waals surface area contributed by atoms with Crippen LogP contribution in [0.1, 0.15) is 55.5 Å². The molecule has 1 aromatic heterocycles. The Morgan fingerprint density at radius 2 is 1.76 bits per heavy atom. The number of carbonyl (C=O) groups excluding carboxylic acids is 2. The summed E-state index contributed by atoms with van der Waals surface area (Å²) < 4.78 is 1.94. The van der Waals surface area contributed by atoms with Crippen molar-refractivity contribution in [2.24, 2.45) is 5.92 Å². The van der Waals surface area contributed by atoms with Crippen LogP contribution in [0.5, 0.6) is 0 Å². The van der Waals surface area contributed by atoms with Gasteiger partial charge in [0, 0.05) is 12.2 Å². The van der Waals surface area contributed by atoms with Gasteiger partial charge in [0.25, 0.3) is 5.91 Å². The number of para-hydroxylation sites is 1. The molecule has 0 aliphatic carbocycles. The highest BCUT2D eigenvalue weighted by atomic mass is 35.5. The number of carbonyl (C=O) groups is 2. The Hall–Kier alpha value is -2.84. The van der Waals surface area contributed by atoms with Crippen LogP contribution in [0.3, 0.4) is 0 Å². The summed E-state index contributed by atoms with van der Waals surface area (Å²) in [7, 11) is 0. The molecular weight excluding hydrogens is 470 g/mol. The van der Waals surface area contributed by atoms with Crippen molar-refractivity contribution in [3.05, 3.63) is 70.5 Å². The molecule has 0 spiro atoms. The molecule has 0 fully saturated rings. The average molecular weight is 500 g/mol. The van der Waals surface area contributed by atoms with Crippen molar-refractivity contribution in [2.75, 3.05) is 11.1 Å². The van der Waals surface area contributed by atoms with Gasteiger partial charge in [0.2, 0.25) is 5.91 Å². The van der Waals surface area contributed by atoms with E-state index in [0.29, 0.717) is 28.1 Å². The summed E-state index contributed by atoms with van der Waals surface area (Å²) >= 11 is 7.53. The summed E-state index contributed by atoms with van der Waals surface area (Å²) in [6.07, 6.45) is 0.841. The number of aryl methyl sites for hydroxylation is 1. The number of benzene rings is 2. The van der Waals surface area contributed by atoms with Crippen LogP contribution in [0.4, 0.5) is 5.69 Å². The van der Waals surface area contributed by atoms with Gasteiger partial charge in [-0.2, -0.15) is 0 Å². The topological polar surface area (TPSA) is 88.9 Å². The minimum Gasteiger partial charge on any atom is -0.342 e. The molecule has 9 heteroatoms. The van der Waals surface area contributed by atoms with Crippen LogP contribution < -0.4 is 10.6 Å². The van der Waals surface area contributed by atoms with Gasteiger partial charge in [-0.1, -0.05) is 74.5 Å². The maximum atomic E-state index is 12.9. The molecule has 3 aromatic rings. The van der Waals surface area contributed by atoms with E-state index in [1.807, 2.05) is 49.6 Å². The Bertz CT molecular complexity index is 1150.